The maximum atomic E-state index is 10.8. The normalized spacial score (nSPS) is 48.3. The molecular weight excluding hydrogens is 160 g/mol. The van der Waals surface area contributed by atoms with Crippen molar-refractivity contribution in [2.24, 2.45) is 28.6 Å². The quantitative estimate of drug-likeness (QED) is 0.597. The average Bonchev–Trinajstić information content (AvgIpc) is 2.68. The second kappa shape index (κ2) is 2.37. The van der Waals surface area contributed by atoms with Crippen LogP contribution in [-0.2, 0) is 4.79 Å². The highest BCUT2D eigenvalue weighted by Crippen LogP contribution is 2.74. The van der Waals surface area contributed by atoms with Gasteiger partial charge in [-0.3, -0.25) is 0 Å². The molecule has 13 heavy (non-hydrogen) atoms. The second-order valence-electron chi connectivity index (χ2n) is 5.88. The summed E-state index contributed by atoms with van der Waals surface area (Å²) in [7, 11) is 0. The van der Waals surface area contributed by atoms with Crippen LogP contribution in [0.5, 0.6) is 0 Å². The van der Waals surface area contributed by atoms with Gasteiger partial charge in [0.2, 0.25) is 0 Å². The molecule has 2 fully saturated rings. The number of carbonyl (C=O) groups is 1. The van der Waals surface area contributed by atoms with Crippen LogP contribution in [0.3, 0.4) is 0 Å². The Morgan fingerprint density at radius 2 is 2.00 bits per heavy atom. The molecule has 0 heterocycles. The third kappa shape index (κ3) is 0.963. The molecule has 1 heteroatoms. The third-order valence-electron chi connectivity index (χ3n) is 5.20. The summed E-state index contributed by atoms with van der Waals surface area (Å²) in [4.78, 5) is 10.8. The number of carbonyl (C=O) groups excluding carboxylic acids is 1. The predicted octanol–water partition coefficient (Wildman–Crippen LogP) is 2.89. The fourth-order valence-corrected chi connectivity index (χ4v) is 3.58. The maximum Gasteiger partial charge on any atom is 0.123 e. The van der Waals surface area contributed by atoms with Crippen LogP contribution in [0.2, 0.25) is 0 Å². The van der Waals surface area contributed by atoms with Crippen LogP contribution < -0.4 is 0 Å². The molecule has 0 aromatic heterocycles. The van der Waals surface area contributed by atoms with Crippen molar-refractivity contribution in [1.29, 1.82) is 0 Å². The molecule has 0 bridgehead atoms. The van der Waals surface area contributed by atoms with Crippen LogP contribution in [0.1, 0.15) is 40.5 Å². The zero-order valence-electron chi connectivity index (χ0n) is 9.13. The van der Waals surface area contributed by atoms with Gasteiger partial charge in [-0.25, -0.2) is 0 Å². The lowest BCUT2D eigenvalue weighted by molar-refractivity contribution is -0.113. The Hall–Kier alpha value is -0.330. The minimum Gasteiger partial charge on any atom is -0.303 e. The fourth-order valence-electron chi connectivity index (χ4n) is 3.58. The van der Waals surface area contributed by atoms with Crippen LogP contribution in [0, 0.1) is 28.6 Å². The second-order valence-corrected chi connectivity index (χ2v) is 5.88. The minimum atomic E-state index is 0.250. The predicted molar refractivity (Wildman–Crippen MR) is 53.3 cm³/mol. The molecule has 2 rings (SSSR count). The molecule has 1 nitrogen and oxygen atoms in total. The largest absolute Gasteiger partial charge is 0.303 e. The molecule has 4 unspecified atom stereocenters. The fraction of sp³-hybridized carbons (Fsp3) is 0.917. The molecule has 2 aliphatic carbocycles. The molecule has 0 amide bonds. The van der Waals surface area contributed by atoms with Crippen molar-refractivity contribution < 1.29 is 4.79 Å². The van der Waals surface area contributed by atoms with Gasteiger partial charge in [-0.05, 0) is 35.5 Å². The van der Waals surface area contributed by atoms with E-state index in [1.54, 1.807) is 0 Å². The summed E-state index contributed by atoms with van der Waals surface area (Å²) in [6.07, 6.45) is 3.81. The summed E-state index contributed by atoms with van der Waals surface area (Å²) in [5, 5.41) is 0. The van der Waals surface area contributed by atoms with Gasteiger partial charge < -0.3 is 4.79 Å². The van der Waals surface area contributed by atoms with E-state index < -0.39 is 0 Å². The number of fused-ring (bicyclic) bond motifs is 1. The Bertz CT molecular complexity index is 244. The van der Waals surface area contributed by atoms with Gasteiger partial charge in [0.05, 0.1) is 0 Å². The van der Waals surface area contributed by atoms with Gasteiger partial charge in [0.15, 0.2) is 0 Å². The standard InChI is InChI=1S/C12H20O/c1-8(7-13)10-5-9-6-12(9,4)11(10,2)3/h7-10H,5-6H2,1-4H3. The van der Waals surface area contributed by atoms with Crippen LogP contribution in [0.25, 0.3) is 0 Å². The Labute approximate surface area is 80.9 Å². The van der Waals surface area contributed by atoms with Gasteiger partial charge in [0.1, 0.15) is 6.29 Å². The molecule has 74 valence electrons. The number of hydrogen-bond donors (Lipinski definition) is 0. The highest BCUT2D eigenvalue weighted by molar-refractivity contribution is 5.54. The van der Waals surface area contributed by atoms with Crippen LogP contribution in [0.15, 0.2) is 0 Å². The lowest BCUT2D eigenvalue weighted by Crippen LogP contribution is -2.32. The highest BCUT2D eigenvalue weighted by Gasteiger charge is 2.67. The smallest absolute Gasteiger partial charge is 0.123 e. The molecule has 4 atom stereocenters. The van der Waals surface area contributed by atoms with E-state index in [0.29, 0.717) is 16.7 Å². The van der Waals surface area contributed by atoms with E-state index in [-0.39, 0.29) is 5.92 Å². The van der Waals surface area contributed by atoms with E-state index in [2.05, 4.69) is 27.7 Å². The van der Waals surface area contributed by atoms with E-state index in [9.17, 15) is 4.79 Å². The average molecular weight is 180 g/mol. The summed E-state index contributed by atoms with van der Waals surface area (Å²) in [5.41, 5.74) is 0.924. The van der Waals surface area contributed by atoms with Gasteiger partial charge in [0.25, 0.3) is 0 Å². The first kappa shape index (κ1) is 9.23. The van der Waals surface area contributed by atoms with Crippen LogP contribution in [0.4, 0.5) is 0 Å². The lowest BCUT2D eigenvalue weighted by atomic mass is 9.67. The third-order valence-corrected chi connectivity index (χ3v) is 5.20. The zero-order chi connectivity index (χ0) is 9.85. The summed E-state index contributed by atoms with van der Waals surface area (Å²) in [5.74, 6) is 1.78. The molecule has 0 N–H and O–H groups in total. The topological polar surface area (TPSA) is 17.1 Å². The highest BCUT2D eigenvalue weighted by atomic mass is 16.1. The van der Waals surface area contributed by atoms with Crippen molar-refractivity contribution in [3.8, 4) is 0 Å². The zero-order valence-corrected chi connectivity index (χ0v) is 9.13. The van der Waals surface area contributed by atoms with Crippen molar-refractivity contribution in [1.82, 2.24) is 0 Å². The van der Waals surface area contributed by atoms with Gasteiger partial charge in [0, 0.05) is 5.92 Å². The van der Waals surface area contributed by atoms with Crippen molar-refractivity contribution in [2.45, 2.75) is 40.5 Å². The molecule has 2 aliphatic rings. The van der Waals surface area contributed by atoms with E-state index >= 15 is 0 Å². The number of aldehydes is 1. The lowest BCUT2D eigenvalue weighted by Gasteiger charge is -2.37. The summed E-state index contributed by atoms with van der Waals surface area (Å²) < 4.78 is 0. The molecular formula is C12H20O. The number of rotatable bonds is 2. The van der Waals surface area contributed by atoms with Crippen molar-refractivity contribution >= 4 is 6.29 Å². The molecule has 0 aromatic carbocycles. The van der Waals surface area contributed by atoms with E-state index in [1.807, 2.05) is 0 Å². The van der Waals surface area contributed by atoms with Crippen molar-refractivity contribution in [2.75, 3.05) is 0 Å². The van der Waals surface area contributed by atoms with Crippen LogP contribution >= 0.6 is 0 Å². The van der Waals surface area contributed by atoms with E-state index in [0.717, 1.165) is 12.2 Å². The Kier molecular flexibility index (Phi) is 1.68. The molecule has 0 aliphatic heterocycles. The first-order valence-electron chi connectivity index (χ1n) is 5.39. The van der Waals surface area contributed by atoms with Gasteiger partial charge in [-0.1, -0.05) is 27.7 Å². The monoisotopic (exact) mass is 180 g/mol. The first-order valence-corrected chi connectivity index (χ1v) is 5.39. The van der Waals surface area contributed by atoms with E-state index in [1.165, 1.54) is 12.8 Å². The van der Waals surface area contributed by atoms with Gasteiger partial charge in [-0.15, -0.1) is 0 Å². The van der Waals surface area contributed by atoms with Gasteiger partial charge in [-0.2, -0.15) is 0 Å². The maximum absolute atomic E-state index is 10.8. The first-order chi connectivity index (χ1) is 5.93. The molecule has 2 saturated carbocycles. The van der Waals surface area contributed by atoms with Crippen molar-refractivity contribution in [3.05, 3.63) is 0 Å². The van der Waals surface area contributed by atoms with E-state index in [4.69, 9.17) is 0 Å². The molecule has 0 radical (unpaired) electrons. The number of hydrogen-bond acceptors (Lipinski definition) is 1. The Morgan fingerprint density at radius 3 is 2.38 bits per heavy atom. The summed E-state index contributed by atoms with van der Waals surface area (Å²) in [6.45, 7) is 9.18. The Balaban J connectivity index is 2.22. The van der Waals surface area contributed by atoms with Crippen LogP contribution in [-0.4, -0.2) is 6.29 Å². The minimum absolute atomic E-state index is 0.250. The summed E-state index contributed by atoms with van der Waals surface area (Å²) in [6, 6.07) is 0. The SMILES string of the molecule is CC(C=O)C1CC2CC2(C)C1(C)C. The van der Waals surface area contributed by atoms with Crippen molar-refractivity contribution in [3.63, 3.8) is 0 Å². The van der Waals surface area contributed by atoms with Gasteiger partial charge >= 0.3 is 0 Å². The summed E-state index contributed by atoms with van der Waals surface area (Å²) >= 11 is 0. The molecule has 0 spiro atoms. The Morgan fingerprint density at radius 1 is 1.38 bits per heavy atom. The molecule has 0 saturated heterocycles. The molecule has 0 aromatic rings.